The maximum absolute atomic E-state index is 13.9. The topological polar surface area (TPSA) is 42.4 Å². The van der Waals surface area contributed by atoms with E-state index < -0.39 is 5.92 Å². The van der Waals surface area contributed by atoms with Crippen LogP contribution in [0.5, 0.6) is 0 Å². The zero-order chi connectivity index (χ0) is 22.5. The fraction of sp³-hybridized carbons (Fsp3) is 0.769. The summed E-state index contributed by atoms with van der Waals surface area (Å²) in [6.07, 6.45) is 9.77. The zero-order valence-electron chi connectivity index (χ0n) is 19.4. The van der Waals surface area contributed by atoms with Gasteiger partial charge < -0.3 is 9.64 Å². The molecule has 5 rings (SSSR count). The smallest absolute Gasteiger partial charge is 0.272 e. The largest absolute Gasteiger partial charge is 0.381 e. The molecule has 3 heterocycles. The van der Waals surface area contributed by atoms with E-state index in [2.05, 4.69) is 11.9 Å². The van der Waals surface area contributed by atoms with E-state index in [0.29, 0.717) is 43.2 Å². The summed E-state index contributed by atoms with van der Waals surface area (Å²) >= 11 is 0. The van der Waals surface area contributed by atoms with Gasteiger partial charge >= 0.3 is 0 Å². The van der Waals surface area contributed by atoms with Crippen molar-refractivity contribution < 1.29 is 18.3 Å². The van der Waals surface area contributed by atoms with Crippen molar-refractivity contribution in [2.45, 2.75) is 77.7 Å². The van der Waals surface area contributed by atoms with E-state index in [1.165, 1.54) is 19.0 Å². The summed E-state index contributed by atoms with van der Waals surface area (Å²) in [7, 11) is 0. The number of pyridine rings is 1. The van der Waals surface area contributed by atoms with Crippen molar-refractivity contribution in [3.8, 4) is 0 Å². The molecule has 32 heavy (non-hydrogen) atoms. The molecule has 176 valence electrons. The van der Waals surface area contributed by atoms with E-state index in [1.54, 1.807) is 6.07 Å². The molecule has 4 aliphatic rings. The third kappa shape index (κ3) is 3.97. The highest BCUT2D eigenvalue weighted by molar-refractivity contribution is 5.84. The van der Waals surface area contributed by atoms with Crippen LogP contribution in [0.25, 0.3) is 0 Å². The minimum Gasteiger partial charge on any atom is -0.381 e. The van der Waals surface area contributed by atoms with Crippen LogP contribution < -0.4 is 0 Å². The zero-order valence-corrected chi connectivity index (χ0v) is 19.4. The van der Waals surface area contributed by atoms with Crippen molar-refractivity contribution in [3.05, 3.63) is 29.1 Å². The lowest BCUT2D eigenvalue weighted by Crippen LogP contribution is -2.46. The van der Waals surface area contributed by atoms with Gasteiger partial charge in [0.1, 0.15) is 0 Å². The molecule has 6 heteroatoms. The fourth-order valence-electron chi connectivity index (χ4n) is 7.16. The van der Waals surface area contributed by atoms with Crippen LogP contribution in [0.3, 0.4) is 0 Å². The second-order valence-corrected chi connectivity index (χ2v) is 11.1. The molecule has 1 aromatic heterocycles. The van der Waals surface area contributed by atoms with Crippen molar-refractivity contribution >= 4 is 5.91 Å². The maximum Gasteiger partial charge on any atom is 0.272 e. The highest BCUT2D eigenvalue weighted by Crippen LogP contribution is 2.59. The summed E-state index contributed by atoms with van der Waals surface area (Å²) in [5.41, 5.74) is 1.37. The van der Waals surface area contributed by atoms with Crippen LogP contribution >= 0.6 is 0 Å². The second-order valence-electron chi connectivity index (χ2n) is 11.1. The van der Waals surface area contributed by atoms with Crippen molar-refractivity contribution in [1.82, 2.24) is 9.88 Å². The molecule has 1 amide bonds. The van der Waals surface area contributed by atoms with Crippen LogP contribution in [0.1, 0.15) is 75.6 Å². The van der Waals surface area contributed by atoms with Gasteiger partial charge in [-0.05, 0) is 73.8 Å². The number of amides is 1. The van der Waals surface area contributed by atoms with Crippen LogP contribution in [0.15, 0.2) is 12.3 Å². The minimum absolute atomic E-state index is 0.0611. The van der Waals surface area contributed by atoms with Crippen LogP contribution in [0.4, 0.5) is 8.78 Å². The molecule has 0 unspecified atom stereocenters. The number of ether oxygens (including phenoxy) is 1. The number of alkyl halides is 2. The van der Waals surface area contributed by atoms with Crippen LogP contribution in [-0.4, -0.2) is 35.5 Å². The Bertz CT molecular complexity index is 870. The van der Waals surface area contributed by atoms with Gasteiger partial charge in [-0.25, -0.2) is 8.78 Å². The average Bonchev–Trinajstić information content (AvgIpc) is 3.31. The van der Waals surface area contributed by atoms with Gasteiger partial charge in [-0.3, -0.25) is 9.78 Å². The van der Waals surface area contributed by atoms with Gasteiger partial charge in [0.2, 0.25) is 5.91 Å². The fourth-order valence-corrected chi connectivity index (χ4v) is 7.16. The predicted octanol–water partition coefficient (Wildman–Crippen LogP) is 5.34. The molecular weight excluding hydrogens is 410 g/mol. The second kappa shape index (κ2) is 8.34. The van der Waals surface area contributed by atoms with E-state index in [-0.39, 0.29) is 16.9 Å². The van der Waals surface area contributed by atoms with E-state index in [9.17, 15) is 13.6 Å². The molecule has 0 bridgehead atoms. The number of hydrogen-bond acceptors (Lipinski definition) is 3. The Morgan fingerprint density at radius 2 is 2.22 bits per heavy atom. The van der Waals surface area contributed by atoms with E-state index in [0.717, 1.165) is 63.5 Å². The third-order valence-corrected chi connectivity index (χ3v) is 8.94. The van der Waals surface area contributed by atoms with Gasteiger partial charge in [-0.2, -0.15) is 0 Å². The highest BCUT2D eigenvalue weighted by Gasteiger charge is 2.56. The summed E-state index contributed by atoms with van der Waals surface area (Å²) in [6, 6.07) is 1.57. The maximum atomic E-state index is 13.9. The van der Waals surface area contributed by atoms with Gasteiger partial charge in [0.15, 0.2) is 0 Å². The summed E-state index contributed by atoms with van der Waals surface area (Å²) in [6.45, 7) is 6.01. The Balaban J connectivity index is 1.31. The third-order valence-electron chi connectivity index (χ3n) is 8.94. The molecule has 1 saturated heterocycles. The Kier molecular flexibility index (Phi) is 5.80. The molecule has 4 nitrogen and oxygen atoms in total. The molecule has 0 radical (unpaired) electrons. The number of carbonyl (C=O) groups is 1. The number of fused-ring (bicyclic) bond motifs is 2. The summed E-state index contributed by atoms with van der Waals surface area (Å²) in [5.74, 6) is -0.208. The van der Waals surface area contributed by atoms with E-state index in [1.807, 2.05) is 4.90 Å². The van der Waals surface area contributed by atoms with Crippen molar-refractivity contribution in [2.75, 3.05) is 19.8 Å². The highest BCUT2D eigenvalue weighted by atomic mass is 19.3. The van der Waals surface area contributed by atoms with E-state index in [4.69, 9.17) is 4.74 Å². The first-order valence-electron chi connectivity index (χ1n) is 12.5. The van der Waals surface area contributed by atoms with Crippen LogP contribution in [-0.2, 0) is 28.4 Å². The Labute approximate surface area is 190 Å². The number of carbonyl (C=O) groups excluding carboxylic acids is 1. The standard InChI is InChI=1S/C26H36F2N2O2/c1-17-16-32-9-6-19(17)10-18-11-21-4-3-7-26(21,13-18)24(31)30-8-5-23-20(15-30)12-22(14-29-23)25(2,27)28/h12,14,17-19,21H,3-11,13,15-16H2,1-2H3/t17-,18-,19-,21-,26-/m1/s1. The molecule has 3 fully saturated rings. The van der Waals surface area contributed by atoms with Crippen LogP contribution in [0, 0.1) is 29.1 Å². The summed E-state index contributed by atoms with van der Waals surface area (Å²) < 4.78 is 33.3. The lowest BCUT2D eigenvalue weighted by Gasteiger charge is -2.37. The first-order valence-corrected chi connectivity index (χ1v) is 12.5. The average molecular weight is 447 g/mol. The van der Waals surface area contributed by atoms with Crippen LogP contribution in [0.2, 0.25) is 0 Å². The molecule has 1 aromatic rings. The lowest BCUT2D eigenvalue weighted by molar-refractivity contribution is -0.144. The van der Waals surface area contributed by atoms with Gasteiger partial charge in [0.25, 0.3) is 5.92 Å². The van der Waals surface area contributed by atoms with Gasteiger partial charge in [-0.1, -0.05) is 13.3 Å². The number of nitrogens with zero attached hydrogens (tertiary/aromatic N) is 2. The van der Waals surface area contributed by atoms with Crippen molar-refractivity contribution in [1.29, 1.82) is 0 Å². The SMILES string of the molecule is C[C@@H]1COCC[C@@H]1C[C@@H]1C[C@H]2CCC[C@@]2(C(=O)N2CCc3ncc(C(C)(F)F)cc3C2)C1. The molecule has 2 saturated carbocycles. The van der Waals surface area contributed by atoms with Crippen molar-refractivity contribution in [2.24, 2.45) is 29.1 Å². The Morgan fingerprint density at radius 1 is 1.38 bits per heavy atom. The first kappa shape index (κ1) is 22.2. The van der Waals surface area contributed by atoms with Gasteiger partial charge in [0, 0.05) is 57.1 Å². The summed E-state index contributed by atoms with van der Waals surface area (Å²) in [4.78, 5) is 20.2. The number of rotatable bonds is 4. The summed E-state index contributed by atoms with van der Waals surface area (Å²) in [5, 5.41) is 0. The monoisotopic (exact) mass is 446 g/mol. The molecule has 2 aliphatic heterocycles. The molecule has 2 aliphatic carbocycles. The Hall–Kier alpha value is -1.56. The first-order chi connectivity index (χ1) is 15.3. The van der Waals surface area contributed by atoms with Gasteiger partial charge in [-0.15, -0.1) is 0 Å². The number of hydrogen-bond donors (Lipinski definition) is 0. The quantitative estimate of drug-likeness (QED) is 0.627. The molecule has 0 N–H and O–H groups in total. The molecule has 0 aromatic carbocycles. The normalized spacial score (nSPS) is 34.9. The van der Waals surface area contributed by atoms with Crippen molar-refractivity contribution in [3.63, 3.8) is 0 Å². The van der Waals surface area contributed by atoms with E-state index >= 15 is 0 Å². The van der Waals surface area contributed by atoms with Gasteiger partial charge in [0.05, 0.1) is 5.41 Å². The molecular formula is C26H36F2N2O2. The lowest BCUT2D eigenvalue weighted by atomic mass is 9.77. The molecule has 5 atom stereocenters. The predicted molar refractivity (Wildman–Crippen MR) is 118 cm³/mol. The Morgan fingerprint density at radius 3 is 3.00 bits per heavy atom. The number of aromatic nitrogens is 1. The molecule has 0 spiro atoms. The minimum atomic E-state index is -2.91. The number of halogens is 2.